The maximum Gasteiger partial charge on any atom is 0.387 e. The van der Waals surface area contributed by atoms with Crippen molar-refractivity contribution in [3.05, 3.63) is 42.0 Å². The maximum atomic E-state index is 13.0. The number of halogens is 2. The number of carboxylic acids is 1. The molecule has 1 aliphatic heterocycles. The number of fused-ring (bicyclic) bond motifs is 1. The van der Waals surface area contributed by atoms with Crippen LogP contribution < -0.4 is 4.74 Å². The number of ether oxygens (including phenoxy) is 2. The van der Waals surface area contributed by atoms with Crippen LogP contribution >= 0.6 is 0 Å². The number of rotatable bonds is 6. The number of benzene rings is 2. The minimum absolute atomic E-state index is 0.0207. The van der Waals surface area contributed by atoms with Crippen molar-refractivity contribution in [2.24, 2.45) is 5.41 Å². The number of amides is 1. The monoisotopic (exact) mass is 379 g/mol. The Hall–Kier alpha value is -2.74. The Morgan fingerprint density at radius 1 is 1.26 bits per heavy atom. The SMILES string of the molecule is COCC1(C(=O)O)CCN(C(=O)c2cc3ccccc3cc2OC(F)F)C1. The normalized spacial score (nSPS) is 19.6. The Kier molecular flexibility index (Phi) is 5.27. The molecule has 0 aromatic heterocycles. The Morgan fingerprint density at radius 2 is 1.93 bits per heavy atom. The van der Waals surface area contributed by atoms with Gasteiger partial charge in [0.2, 0.25) is 0 Å². The molecule has 0 radical (unpaired) electrons. The van der Waals surface area contributed by atoms with Crippen LogP contribution in [0.3, 0.4) is 0 Å². The first-order valence-electron chi connectivity index (χ1n) is 8.35. The molecule has 1 aliphatic rings. The zero-order valence-corrected chi connectivity index (χ0v) is 14.7. The predicted molar refractivity (Wildman–Crippen MR) is 93.0 cm³/mol. The van der Waals surface area contributed by atoms with E-state index in [0.717, 1.165) is 0 Å². The van der Waals surface area contributed by atoms with Gasteiger partial charge in [-0.1, -0.05) is 24.3 Å². The smallest absolute Gasteiger partial charge is 0.387 e. The van der Waals surface area contributed by atoms with E-state index in [0.29, 0.717) is 10.8 Å². The summed E-state index contributed by atoms with van der Waals surface area (Å²) in [7, 11) is 1.40. The summed E-state index contributed by atoms with van der Waals surface area (Å²) in [4.78, 5) is 26.0. The Morgan fingerprint density at radius 3 is 2.52 bits per heavy atom. The van der Waals surface area contributed by atoms with Crippen LogP contribution in [0, 0.1) is 5.41 Å². The molecule has 2 aromatic rings. The zero-order valence-electron chi connectivity index (χ0n) is 14.7. The molecular formula is C19H19F2NO5. The topological polar surface area (TPSA) is 76.1 Å². The van der Waals surface area contributed by atoms with Gasteiger partial charge in [0.05, 0.1) is 12.2 Å². The van der Waals surface area contributed by atoms with Gasteiger partial charge in [-0.25, -0.2) is 0 Å². The van der Waals surface area contributed by atoms with E-state index in [1.165, 1.54) is 24.1 Å². The van der Waals surface area contributed by atoms with Crippen molar-refractivity contribution >= 4 is 22.6 Å². The van der Waals surface area contributed by atoms with Crippen LogP contribution in [0.5, 0.6) is 5.75 Å². The van der Waals surface area contributed by atoms with Gasteiger partial charge in [-0.2, -0.15) is 8.78 Å². The second-order valence-electron chi connectivity index (χ2n) is 6.57. The van der Waals surface area contributed by atoms with Crippen LogP contribution in [0.25, 0.3) is 10.8 Å². The summed E-state index contributed by atoms with van der Waals surface area (Å²) in [5.41, 5.74) is -1.22. The summed E-state index contributed by atoms with van der Waals surface area (Å²) in [5, 5.41) is 10.9. The standard InChI is InChI=1S/C19H19F2NO5/c1-26-11-19(17(24)25)6-7-22(10-19)16(23)14-8-12-4-2-3-5-13(12)9-15(14)27-18(20)21/h2-5,8-9,18H,6-7,10-11H2,1H3,(H,24,25). The van der Waals surface area contributed by atoms with Crippen molar-refractivity contribution in [1.82, 2.24) is 4.90 Å². The number of methoxy groups -OCH3 is 1. The van der Waals surface area contributed by atoms with Gasteiger partial charge in [0.15, 0.2) is 0 Å². The van der Waals surface area contributed by atoms with Crippen LogP contribution in [0.4, 0.5) is 8.78 Å². The number of alkyl halides is 2. The van der Waals surface area contributed by atoms with Crippen molar-refractivity contribution in [2.45, 2.75) is 13.0 Å². The largest absolute Gasteiger partial charge is 0.481 e. The molecule has 1 fully saturated rings. The molecule has 1 N–H and O–H groups in total. The third kappa shape index (κ3) is 3.71. The quantitative estimate of drug-likeness (QED) is 0.835. The Balaban J connectivity index is 1.96. The van der Waals surface area contributed by atoms with E-state index in [1.54, 1.807) is 24.3 Å². The molecule has 1 heterocycles. The molecule has 2 aromatic carbocycles. The molecule has 6 nitrogen and oxygen atoms in total. The molecule has 8 heteroatoms. The van der Waals surface area contributed by atoms with Crippen LogP contribution in [0.1, 0.15) is 16.8 Å². The van der Waals surface area contributed by atoms with Crippen LogP contribution in [-0.2, 0) is 9.53 Å². The highest BCUT2D eigenvalue weighted by molar-refractivity contribution is 6.02. The number of carboxylic acid groups (broad SMARTS) is 1. The number of carbonyl (C=O) groups is 2. The van der Waals surface area contributed by atoms with Gasteiger partial charge in [0.1, 0.15) is 11.2 Å². The predicted octanol–water partition coefficient (Wildman–Crippen LogP) is 3.00. The van der Waals surface area contributed by atoms with Gasteiger partial charge >= 0.3 is 12.6 Å². The van der Waals surface area contributed by atoms with E-state index in [2.05, 4.69) is 4.74 Å². The average Bonchev–Trinajstić information content (AvgIpc) is 3.06. The highest BCUT2D eigenvalue weighted by Gasteiger charge is 2.46. The van der Waals surface area contributed by atoms with E-state index in [9.17, 15) is 23.5 Å². The second-order valence-corrected chi connectivity index (χ2v) is 6.57. The van der Waals surface area contributed by atoms with Crippen molar-refractivity contribution in [2.75, 3.05) is 26.8 Å². The molecule has 27 heavy (non-hydrogen) atoms. The number of aliphatic carboxylic acids is 1. The molecule has 1 amide bonds. The average molecular weight is 379 g/mol. The maximum absolute atomic E-state index is 13.0. The molecule has 3 rings (SSSR count). The lowest BCUT2D eigenvalue weighted by atomic mass is 9.88. The molecule has 1 saturated heterocycles. The molecule has 144 valence electrons. The highest BCUT2D eigenvalue weighted by atomic mass is 19.3. The summed E-state index contributed by atoms with van der Waals surface area (Å²) in [6.07, 6.45) is 0.223. The van der Waals surface area contributed by atoms with E-state index < -0.39 is 23.9 Å². The number of likely N-dealkylation sites (tertiary alicyclic amines) is 1. The van der Waals surface area contributed by atoms with Gasteiger partial charge in [0, 0.05) is 20.2 Å². The van der Waals surface area contributed by atoms with Crippen LogP contribution in [0.2, 0.25) is 0 Å². The number of hydrogen-bond donors (Lipinski definition) is 1. The second kappa shape index (κ2) is 7.48. The van der Waals surface area contributed by atoms with E-state index in [1.807, 2.05) is 0 Å². The first-order valence-corrected chi connectivity index (χ1v) is 8.35. The van der Waals surface area contributed by atoms with Gasteiger partial charge in [0.25, 0.3) is 5.91 Å². The van der Waals surface area contributed by atoms with Crippen molar-refractivity contribution in [1.29, 1.82) is 0 Å². The van der Waals surface area contributed by atoms with Gasteiger partial charge in [-0.3, -0.25) is 9.59 Å². The lowest BCUT2D eigenvalue weighted by molar-refractivity contribution is -0.151. The summed E-state index contributed by atoms with van der Waals surface area (Å²) in [6, 6.07) is 9.90. The fourth-order valence-corrected chi connectivity index (χ4v) is 3.43. The zero-order chi connectivity index (χ0) is 19.6. The van der Waals surface area contributed by atoms with Crippen molar-refractivity contribution < 1.29 is 33.0 Å². The number of carbonyl (C=O) groups excluding carboxylic acids is 1. The number of nitrogens with zero attached hydrogens (tertiary/aromatic N) is 1. The minimum Gasteiger partial charge on any atom is -0.481 e. The lowest BCUT2D eigenvalue weighted by Crippen LogP contribution is -2.40. The Bertz CT molecular complexity index is 872. The van der Waals surface area contributed by atoms with E-state index in [4.69, 9.17) is 4.74 Å². The first kappa shape index (κ1) is 19.0. The molecule has 0 bridgehead atoms. The molecule has 0 saturated carbocycles. The molecule has 1 unspecified atom stereocenters. The Labute approximate surface area is 154 Å². The molecule has 1 atom stereocenters. The van der Waals surface area contributed by atoms with Crippen LogP contribution in [-0.4, -0.2) is 55.3 Å². The summed E-state index contributed by atoms with van der Waals surface area (Å²) < 4.78 is 35.2. The number of hydrogen-bond acceptors (Lipinski definition) is 4. The first-order chi connectivity index (χ1) is 12.9. The van der Waals surface area contributed by atoms with Gasteiger partial charge < -0.3 is 19.5 Å². The molecule has 0 aliphatic carbocycles. The fraction of sp³-hybridized carbons (Fsp3) is 0.368. The van der Waals surface area contributed by atoms with E-state index in [-0.39, 0.29) is 37.4 Å². The summed E-state index contributed by atoms with van der Waals surface area (Å²) in [6.45, 7) is -2.99. The van der Waals surface area contributed by atoms with E-state index >= 15 is 0 Å². The third-order valence-corrected chi connectivity index (χ3v) is 4.81. The van der Waals surface area contributed by atoms with Crippen molar-refractivity contribution in [3.63, 3.8) is 0 Å². The van der Waals surface area contributed by atoms with Crippen molar-refractivity contribution in [3.8, 4) is 5.75 Å². The van der Waals surface area contributed by atoms with Crippen LogP contribution in [0.15, 0.2) is 36.4 Å². The fourth-order valence-electron chi connectivity index (χ4n) is 3.43. The van der Waals surface area contributed by atoms with Gasteiger partial charge in [-0.05, 0) is 29.3 Å². The summed E-state index contributed by atoms with van der Waals surface area (Å²) >= 11 is 0. The third-order valence-electron chi connectivity index (χ3n) is 4.81. The summed E-state index contributed by atoms with van der Waals surface area (Å²) in [5.74, 6) is -1.83. The molecule has 0 spiro atoms. The highest BCUT2D eigenvalue weighted by Crippen LogP contribution is 2.35. The minimum atomic E-state index is -3.08. The lowest BCUT2D eigenvalue weighted by Gasteiger charge is -2.24. The van der Waals surface area contributed by atoms with Gasteiger partial charge in [-0.15, -0.1) is 0 Å². The molecular weight excluding hydrogens is 360 g/mol.